The van der Waals surface area contributed by atoms with Crippen molar-refractivity contribution in [2.75, 3.05) is 10.6 Å². The van der Waals surface area contributed by atoms with Crippen LogP contribution in [0.25, 0.3) is 10.8 Å². The molecule has 158 valence electrons. The Hall–Kier alpha value is -3.52. The average Bonchev–Trinajstić information content (AvgIpc) is 3.16. The zero-order valence-corrected chi connectivity index (χ0v) is 17.5. The lowest BCUT2D eigenvalue weighted by atomic mass is 10.0. The lowest BCUT2D eigenvalue weighted by Crippen LogP contribution is -2.20. The highest BCUT2D eigenvalue weighted by Crippen LogP contribution is 2.27. The van der Waals surface area contributed by atoms with Gasteiger partial charge in [-0.05, 0) is 53.2 Å². The molecule has 0 unspecified atom stereocenters. The molecule has 4 rings (SSSR count). The van der Waals surface area contributed by atoms with Gasteiger partial charge in [-0.3, -0.25) is 4.68 Å². The highest BCUT2D eigenvalue weighted by Gasteiger charge is 2.12. The van der Waals surface area contributed by atoms with Crippen molar-refractivity contribution in [3.63, 3.8) is 0 Å². The van der Waals surface area contributed by atoms with Crippen LogP contribution in [0.15, 0.2) is 72.9 Å². The standard InChI is InChI=1S/C23H20F2N4OS/c1-15-9-10-20(30-22(24)25)19(13-15)26-23(31)27-21-11-12-29(28-21)14-17-7-4-6-16-5-2-3-8-18(16)17/h2-13,22H,14H2,1H3,(H2,26,27,28,31). The van der Waals surface area contributed by atoms with E-state index in [1.54, 1.807) is 18.2 Å². The predicted molar refractivity (Wildman–Crippen MR) is 123 cm³/mol. The number of anilines is 2. The number of hydrogen-bond donors (Lipinski definition) is 2. The molecule has 0 spiro atoms. The number of hydrogen-bond acceptors (Lipinski definition) is 3. The van der Waals surface area contributed by atoms with E-state index in [9.17, 15) is 8.78 Å². The molecule has 0 aliphatic heterocycles. The molecular formula is C23H20F2N4OS. The Morgan fingerprint density at radius 2 is 1.87 bits per heavy atom. The molecule has 0 aliphatic carbocycles. The number of nitrogens with zero attached hydrogens (tertiary/aromatic N) is 2. The third-order valence-electron chi connectivity index (χ3n) is 4.69. The van der Waals surface area contributed by atoms with Crippen LogP contribution in [0.3, 0.4) is 0 Å². The molecule has 4 aromatic rings. The Balaban J connectivity index is 1.45. The topological polar surface area (TPSA) is 51.1 Å². The number of nitrogens with one attached hydrogen (secondary N) is 2. The molecule has 0 saturated carbocycles. The summed E-state index contributed by atoms with van der Waals surface area (Å²) in [5, 5.41) is 13.0. The summed E-state index contributed by atoms with van der Waals surface area (Å²) in [7, 11) is 0. The zero-order chi connectivity index (χ0) is 21.8. The van der Waals surface area contributed by atoms with Crippen molar-refractivity contribution in [3.05, 3.63) is 84.1 Å². The van der Waals surface area contributed by atoms with Crippen molar-refractivity contribution in [2.45, 2.75) is 20.1 Å². The highest BCUT2D eigenvalue weighted by atomic mass is 32.1. The quantitative estimate of drug-likeness (QED) is 0.373. The van der Waals surface area contributed by atoms with E-state index in [0.29, 0.717) is 18.1 Å². The van der Waals surface area contributed by atoms with Crippen molar-refractivity contribution < 1.29 is 13.5 Å². The van der Waals surface area contributed by atoms with Crippen LogP contribution < -0.4 is 15.4 Å². The molecule has 0 aliphatic rings. The molecular weight excluding hydrogens is 418 g/mol. The minimum atomic E-state index is -2.92. The maximum absolute atomic E-state index is 12.7. The van der Waals surface area contributed by atoms with E-state index in [1.807, 2.05) is 36.0 Å². The highest BCUT2D eigenvalue weighted by molar-refractivity contribution is 7.80. The first-order valence-electron chi connectivity index (χ1n) is 9.61. The lowest BCUT2D eigenvalue weighted by molar-refractivity contribution is -0.0493. The van der Waals surface area contributed by atoms with Crippen LogP contribution in [-0.4, -0.2) is 21.5 Å². The average molecular weight is 439 g/mol. The number of aryl methyl sites for hydroxylation is 1. The van der Waals surface area contributed by atoms with Gasteiger partial charge in [0.15, 0.2) is 10.9 Å². The second kappa shape index (κ2) is 9.09. The third-order valence-corrected chi connectivity index (χ3v) is 4.90. The lowest BCUT2D eigenvalue weighted by Gasteiger charge is -2.14. The second-order valence-electron chi connectivity index (χ2n) is 6.99. The summed E-state index contributed by atoms with van der Waals surface area (Å²) < 4.78 is 31.7. The second-order valence-corrected chi connectivity index (χ2v) is 7.40. The molecule has 2 N–H and O–H groups in total. The van der Waals surface area contributed by atoms with E-state index < -0.39 is 6.61 Å². The largest absolute Gasteiger partial charge is 0.433 e. The zero-order valence-electron chi connectivity index (χ0n) is 16.7. The summed E-state index contributed by atoms with van der Waals surface area (Å²) in [6.45, 7) is -0.467. The number of rotatable bonds is 6. The van der Waals surface area contributed by atoms with E-state index in [-0.39, 0.29) is 10.9 Å². The number of halogens is 2. The van der Waals surface area contributed by atoms with Gasteiger partial charge in [0.2, 0.25) is 0 Å². The van der Waals surface area contributed by atoms with Gasteiger partial charge in [0, 0.05) is 12.3 Å². The van der Waals surface area contributed by atoms with Gasteiger partial charge in [-0.25, -0.2) is 0 Å². The van der Waals surface area contributed by atoms with E-state index >= 15 is 0 Å². The summed E-state index contributed by atoms with van der Waals surface area (Å²) in [6, 6.07) is 21.0. The summed E-state index contributed by atoms with van der Waals surface area (Å²) >= 11 is 5.32. The van der Waals surface area contributed by atoms with Crippen LogP contribution in [0, 0.1) is 6.92 Å². The van der Waals surface area contributed by atoms with Gasteiger partial charge in [0.1, 0.15) is 5.75 Å². The van der Waals surface area contributed by atoms with Gasteiger partial charge in [-0.15, -0.1) is 0 Å². The first-order valence-corrected chi connectivity index (χ1v) is 10.0. The van der Waals surface area contributed by atoms with Crippen LogP contribution in [0.5, 0.6) is 5.75 Å². The van der Waals surface area contributed by atoms with E-state index in [2.05, 4.69) is 44.7 Å². The molecule has 8 heteroatoms. The predicted octanol–water partition coefficient (Wildman–Crippen LogP) is 5.80. The van der Waals surface area contributed by atoms with Crippen molar-refractivity contribution in [2.24, 2.45) is 0 Å². The van der Waals surface area contributed by atoms with Crippen molar-refractivity contribution in [1.82, 2.24) is 9.78 Å². The first-order chi connectivity index (χ1) is 15.0. The SMILES string of the molecule is Cc1ccc(OC(F)F)c(NC(=S)Nc2ccn(Cc3cccc4ccccc34)n2)c1. The van der Waals surface area contributed by atoms with Crippen molar-refractivity contribution in [3.8, 4) is 5.75 Å². The molecule has 1 heterocycles. The van der Waals surface area contributed by atoms with Crippen LogP contribution in [-0.2, 0) is 6.54 Å². The van der Waals surface area contributed by atoms with Gasteiger partial charge in [0.25, 0.3) is 0 Å². The van der Waals surface area contributed by atoms with Gasteiger partial charge < -0.3 is 15.4 Å². The van der Waals surface area contributed by atoms with Gasteiger partial charge in [-0.2, -0.15) is 13.9 Å². The number of ether oxygens (including phenoxy) is 1. The summed E-state index contributed by atoms with van der Waals surface area (Å²) in [5.41, 5.74) is 2.39. The minimum absolute atomic E-state index is 0.0197. The van der Waals surface area contributed by atoms with E-state index in [0.717, 1.165) is 11.1 Å². The minimum Gasteiger partial charge on any atom is -0.433 e. The Bertz CT molecular complexity index is 1220. The molecule has 31 heavy (non-hydrogen) atoms. The molecule has 0 radical (unpaired) electrons. The van der Waals surface area contributed by atoms with Crippen LogP contribution in [0.2, 0.25) is 0 Å². The maximum atomic E-state index is 12.7. The van der Waals surface area contributed by atoms with Gasteiger partial charge in [-0.1, -0.05) is 48.5 Å². The van der Waals surface area contributed by atoms with Gasteiger partial charge >= 0.3 is 6.61 Å². The number of fused-ring (bicyclic) bond motifs is 1. The third kappa shape index (κ3) is 5.16. The Kier molecular flexibility index (Phi) is 6.08. The number of benzene rings is 3. The summed E-state index contributed by atoms with van der Waals surface area (Å²) in [4.78, 5) is 0. The molecule has 3 aromatic carbocycles. The fraction of sp³-hybridized carbons (Fsp3) is 0.130. The molecule has 0 amide bonds. The van der Waals surface area contributed by atoms with Crippen LogP contribution >= 0.6 is 12.2 Å². The van der Waals surface area contributed by atoms with Crippen LogP contribution in [0.1, 0.15) is 11.1 Å². The Morgan fingerprint density at radius 3 is 2.71 bits per heavy atom. The fourth-order valence-corrected chi connectivity index (χ4v) is 3.55. The summed E-state index contributed by atoms with van der Waals surface area (Å²) in [5.74, 6) is 0.563. The Labute approximate surface area is 183 Å². The van der Waals surface area contributed by atoms with Crippen LogP contribution in [0.4, 0.5) is 20.3 Å². The van der Waals surface area contributed by atoms with E-state index in [1.165, 1.54) is 16.8 Å². The molecule has 1 aromatic heterocycles. The molecule has 5 nitrogen and oxygen atoms in total. The Morgan fingerprint density at radius 1 is 1.06 bits per heavy atom. The van der Waals surface area contributed by atoms with E-state index in [4.69, 9.17) is 12.2 Å². The van der Waals surface area contributed by atoms with Crippen molar-refractivity contribution in [1.29, 1.82) is 0 Å². The normalized spacial score (nSPS) is 11.0. The fourth-order valence-electron chi connectivity index (χ4n) is 3.33. The molecule has 0 bridgehead atoms. The first kappa shape index (κ1) is 20.7. The molecule has 0 saturated heterocycles. The molecule has 0 atom stereocenters. The summed E-state index contributed by atoms with van der Waals surface area (Å²) in [6.07, 6.45) is 1.85. The van der Waals surface area contributed by atoms with Crippen molar-refractivity contribution >= 4 is 39.6 Å². The van der Waals surface area contributed by atoms with Gasteiger partial charge in [0.05, 0.1) is 12.2 Å². The molecule has 0 fully saturated rings. The number of alkyl halides is 2. The number of aromatic nitrogens is 2. The smallest absolute Gasteiger partial charge is 0.387 e. The maximum Gasteiger partial charge on any atom is 0.387 e. The number of thiocarbonyl (C=S) groups is 1. The monoisotopic (exact) mass is 438 g/mol.